The van der Waals surface area contributed by atoms with Crippen LogP contribution in [0.25, 0.3) is 0 Å². The van der Waals surface area contributed by atoms with Gasteiger partial charge in [-0.05, 0) is 18.3 Å². The Balaban J connectivity index is 1.97. The average molecular weight is 290 g/mol. The van der Waals surface area contributed by atoms with E-state index in [2.05, 4.69) is 10.7 Å². The molecule has 0 radical (unpaired) electrons. The molecule has 1 aromatic carbocycles. The van der Waals surface area contributed by atoms with E-state index in [0.29, 0.717) is 10.7 Å². The van der Waals surface area contributed by atoms with Crippen LogP contribution in [0.2, 0.25) is 5.02 Å². The lowest BCUT2D eigenvalue weighted by Gasteiger charge is -2.22. The molecule has 0 amide bonds. The van der Waals surface area contributed by atoms with Crippen LogP contribution in [0.5, 0.6) is 0 Å². The zero-order chi connectivity index (χ0) is 12.9. The van der Waals surface area contributed by atoms with E-state index in [1.807, 2.05) is 0 Å². The van der Waals surface area contributed by atoms with Crippen LogP contribution in [0, 0.1) is 5.82 Å². The number of nitrogens with one attached hydrogen (secondary N) is 2. The second-order valence-electron chi connectivity index (χ2n) is 4.35. The van der Waals surface area contributed by atoms with Gasteiger partial charge in [0.15, 0.2) is 5.11 Å². The van der Waals surface area contributed by atoms with E-state index in [9.17, 15) is 8.78 Å². The van der Waals surface area contributed by atoms with Gasteiger partial charge in [0, 0.05) is 12.0 Å². The number of hydrogen-bond donors (Lipinski definition) is 2. The minimum absolute atomic E-state index is 0.0427. The van der Waals surface area contributed by atoms with Crippen molar-refractivity contribution in [2.75, 3.05) is 0 Å². The van der Waals surface area contributed by atoms with Gasteiger partial charge in [0.25, 0.3) is 0 Å². The first-order chi connectivity index (χ1) is 8.58. The standard InChI is InChI=1S/C11H10ClF2N3S/c12-6-3-1-2-5(9(6)14)8-4-7(13)10-15-11(18)16-17(8)10/h1-3,7-8,10H,4H2,(H2,15,16,18)/t7-,8-,10?/m0/s1. The molecule has 0 bridgehead atoms. The van der Waals surface area contributed by atoms with Gasteiger partial charge in [0.05, 0.1) is 11.1 Å². The van der Waals surface area contributed by atoms with Crippen LogP contribution in [0.15, 0.2) is 18.2 Å². The maximum atomic E-state index is 14.0. The number of alkyl halides is 1. The van der Waals surface area contributed by atoms with Gasteiger partial charge in [0.2, 0.25) is 0 Å². The molecule has 0 aliphatic carbocycles. The van der Waals surface area contributed by atoms with E-state index in [4.69, 9.17) is 23.8 Å². The highest BCUT2D eigenvalue weighted by Crippen LogP contribution is 2.39. The molecular weight excluding hydrogens is 280 g/mol. The first kappa shape index (κ1) is 12.1. The van der Waals surface area contributed by atoms with E-state index in [1.54, 1.807) is 17.1 Å². The highest BCUT2D eigenvalue weighted by atomic mass is 35.5. The number of hydrogen-bond acceptors (Lipinski definition) is 2. The summed E-state index contributed by atoms with van der Waals surface area (Å²) in [6.45, 7) is 0. The van der Waals surface area contributed by atoms with Crippen LogP contribution in [0.3, 0.4) is 0 Å². The minimum Gasteiger partial charge on any atom is -0.342 e. The Morgan fingerprint density at radius 2 is 2.22 bits per heavy atom. The molecule has 2 heterocycles. The van der Waals surface area contributed by atoms with Crippen molar-refractivity contribution in [3.8, 4) is 0 Å². The number of fused-ring (bicyclic) bond motifs is 1. The Morgan fingerprint density at radius 3 is 3.00 bits per heavy atom. The predicted octanol–water partition coefficient (Wildman–Crippen LogP) is 2.28. The van der Waals surface area contributed by atoms with Crippen molar-refractivity contribution in [2.45, 2.75) is 24.8 Å². The van der Waals surface area contributed by atoms with E-state index in [0.717, 1.165) is 0 Å². The van der Waals surface area contributed by atoms with E-state index >= 15 is 0 Å². The van der Waals surface area contributed by atoms with Crippen molar-refractivity contribution in [3.05, 3.63) is 34.6 Å². The largest absolute Gasteiger partial charge is 0.342 e. The SMILES string of the molecule is Fc1c(Cl)cccc1[C@@H]1C[C@H](F)C2NC(=S)NN21. The van der Waals surface area contributed by atoms with Crippen LogP contribution in [-0.2, 0) is 0 Å². The predicted molar refractivity (Wildman–Crippen MR) is 68.2 cm³/mol. The molecule has 3 rings (SSSR count). The third-order valence-corrected chi connectivity index (χ3v) is 3.78. The zero-order valence-corrected chi connectivity index (χ0v) is 10.7. The van der Waals surface area contributed by atoms with Crippen molar-refractivity contribution in [1.29, 1.82) is 0 Å². The summed E-state index contributed by atoms with van der Waals surface area (Å²) in [5.41, 5.74) is 3.23. The van der Waals surface area contributed by atoms with Crippen LogP contribution in [0.4, 0.5) is 8.78 Å². The van der Waals surface area contributed by atoms with Crippen LogP contribution in [0.1, 0.15) is 18.0 Å². The van der Waals surface area contributed by atoms with Crippen LogP contribution in [-0.4, -0.2) is 22.5 Å². The van der Waals surface area contributed by atoms with E-state index < -0.39 is 24.2 Å². The van der Waals surface area contributed by atoms with Crippen molar-refractivity contribution < 1.29 is 8.78 Å². The van der Waals surface area contributed by atoms with Crippen molar-refractivity contribution >= 4 is 28.9 Å². The fraction of sp³-hybridized carbons (Fsp3) is 0.364. The summed E-state index contributed by atoms with van der Waals surface area (Å²) in [6, 6.07) is 4.32. The third kappa shape index (κ3) is 1.75. The molecule has 0 spiro atoms. The van der Waals surface area contributed by atoms with Gasteiger partial charge in [-0.3, -0.25) is 5.43 Å². The molecule has 1 aromatic rings. The van der Waals surface area contributed by atoms with Gasteiger partial charge in [-0.15, -0.1) is 0 Å². The summed E-state index contributed by atoms with van der Waals surface area (Å²) in [5.74, 6) is -0.503. The second-order valence-corrected chi connectivity index (χ2v) is 5.16. The van der Waals surface area contributed by atoms with E-state index in [1.165, 1.54) is 6.07 Å². The molecule has 18 heavy (non-hydrogen) atoms. The van der Waals surface area contributed by atoms with Gasteiger partial charge in [-0.25, -0.2) is 8.78 Å². The Morgan fingerprint density at radius 1 is 1.44 bits per heavy atom. The summed E-state index contributed by atoms with van der Waals surface area (Å²) in [5, 5.41) is 4.83. The lowest BCUT2D eigenvalue weighted by atomic mass is 10.0. The minimum atomic E-state index is -1.11. The van der Waals surface area contributed by atoms with Crippen molar-refractivity contribution in [3.63, 3.8) is 0 Å². The highest BCUT2D eigenvalue weighted by molar-refractivity contribution is 7.80. The molecule has 2 saturated heterocycles. The fourth-order valence-electron chi connectivity index (χ4n) is 2.47. The van der Waals surface area contributed by atoms with Gasteiger partial charge in [-0.1, -0.05) is 23.7 Å². The number of thiocarbonyl (C=S) groups is 1. The molecule has 2 aliphatic heterocycles. The van der Waals surface area contributed by atoms with E-state index in [-0.39, 0.29) is 11.4 Å². The molecule has 7 heteroatoms. The van der Waals surface area contributed by atoms with Crippen LogP contribution < -0.4 is 10.7 Å². The maximum Gasteiger partial charge on any atom is 0.182 e. The normalized spacial score (nSPS) is 31.1. The fourth-order valence-corrected chi connectivity index (χ4v) is 2.88. The smallest absolute Gasteiger partial charge is 0.182 e. The van der Waals surface area contributed by atoms with Gasteiger partial charge in [0.1, 0.15) is 18.2 Å². The molecule has 1 unspecified atom stereocenters. The van der Waals surface area contributed by atoms with Crippen molar-refractivity contribution in [2.24, 2.45) is 0 Å². The summed E-state index contributed by atoms with van der Waals surface area (Å²) in [4.78, 5) is 0. The maximum absolute atomic E-state index is 14.0. The monoisotopic (exact) mass is 289 g/mol. The second kappa shape index (κ2) is 4.29. The third-order valence-electron chi connectivity index (χ3n) is 3.28. The molecule has 0 saturated carbocycles. The molecule has 2 aliphatic rings. The Bertz CT molecular complexity index is 513. The summed E-state index contributed by atoms with van der Waals surface area (Å²) in [7, 11) is 0. The summed E-state index contributed by atoms with van der Waals surface area (Å²) in [6.07, 6.45) is -1.45. The molecule has 2 fully saturated rings. The Kier molecular flexibility index (Phi) is 2.88. The number of hydrazine groups is 1. The zero-order valence-electron chi connectivity index (χ0n) is 9.16. The van der Waals surface area contributed by atoms with Gasteiger partial charge < -0.3 is 5.32 Å². The number of rotatable bonds is 1. The topological polar surface area (TPSA) is 27.3 Å². The first-order valence-corrected chi connectivity index (χ1v) is 6.30. The molecule has 0 aromatic heterocycles. The average Bonchev–Trinajstić information content (AvgIpc) is 2.83. The van der Waals surface area contributed by atoms with Crippen LogP contribution >= 0.6 is 23.8 Å². The highest BCUT2D eigenvalue weighted by Gasteiger charge is 2.47. The Labute approximate surface area is 113 Å². The molecule has 3 nitrogen and oxygen atoms in total. The lowest BCUT2D eigenvalue weighted by Crippen LogP contribution is -2.39. The molecule has 3 atom stereocenters. The van der Waals surface area contributed by atoms with Crippen molar-refractivity contribution in [1.82, 2.24) is 15.8 Å². The summed E-state index contributed by atoms with van der Waals surface area (Å²) < 4.78 is 27.8. The molecular formula is C11H10ClF2N3S. The van der Waals surface area contributed by atoms with Gasteiger partial charge in [-0.2, -0.15) is 5.01 Å². The molecule has 2 N–H and O–H groups in total. The number of benzene rings is 1. The lowest BCUT2D eigenvalue weighted by molar-refractivity contribution is 0.154. The number of halogens is 3. The van der Waals surface area contributed by atoms with Gasteiger partial charge >= 0.3 is 0 Å². The quantitative estimate of drug-likeness (QED) is 0.776. The number of nitrogens with zero attached hydrogens (tertiary/aromatic N) is 1. The first-order valence-electron chi connectivity index (χ1n) is 5.51. The summed E-state index contributed by atoms with van der Waals surface area (Å²) >= 11 is 10.7. The Hall–Kier alpha value is -0.980. The molecule has 96 valence electrons.